The Hall–Kier alpha value is -1.62. The predicted molar refractivity (Wildman–Crippen MR) is 81.8 cm³/mol. The van der Waals surface area contributed by atoms with E-state index < -0.39 is 4.92 Å². The van der Waals surface area contributed by atoms with Crippen molar-refractivity contribution in [3.63, 3.8) is 0 Å². The van der Waals surface area contributed by atoms with Crippen molar-refractivity contribution in [3.05, 3.63) is 39.4 Å². The zero-order valence-corrected chi connectivity index (χ0v) is 12.8. The van der Waals surface area contributed by atoms with E-state index in [0.29, 0.717) is 18.0 Å². The summed E-state index contributed by atoms with van der Waals surface area (Å²) in [6, 6.07) is 4.82. The van der Waals surface area contributed by atoms with Crippen LogP contribution < -0.4 is 0 Å². The van der Waals surface area contributed by atoms with Gasteiger partial charge in [0, 0.05) is 24.0 Å². The number of halogens is 1. The lowest BCUT2D eigenvalue weighted by atomic mass is 10.1. The first-order valence-corrected chi connectivity index (χ1v) is 7.70. The maximum absolute atomic E-state index is 12.8. The van der Waals surface area contributed by atoms with E-state index >= 15 is 0 Å². The summed E-state index contributed by atoms with van der Waals surface area (Å²) in [5.41, 5.74) is 0.570. The maximum Gasteiger partial charge on any atom is 0.285 e. The van der Waals surface area contributed by atoms with Crippen molar-refractivity contribution in [3.8, 4) is 0 Å². The zero-order valence-electron chi connectivity index (χ0n) is 12.0. The zero-order chi connectivity index (χ0) is 15.4. The smallest absolute Gasteiger partial charge is 0.285 e. The molecule has 1 unspecified atom stereocenters. The molecule has 1 aliphatic heterocycles. The number of likely N-dealkylation sites (tertiary alicyclic amines) is 1. The molecule has 0 radical (unpaired) electrons. The summed E-state index contributed by atoms with van der Waals surface area (Å²) in [7, 11) is 0. The van der Waals surface area contributed by atoms with Gasteiger partial charge in [-0.05, 0) is 25.8 Å². The normalized spacial score (nSPS) is 19.1. The van der Waals surface area contributed by atoms with E-state index in [1.54, 1.807) is 24.0 Å². The van der Waals surface area contributed by atoms with Gasteiger partial charge in [0.2, 0.25) is 0 Å². The molecule has 1 amide bonds. The lowest BCUT2D eigenvalue weighted by molar-refractivity contribution is -0.385. The second-order valence-corrected chi connectivity index (χ2v) is 5.69. The molecule has 114 valence electrons. The SMILES string of the molecule is Cc1cccc(C(=O)N2CCCCCC2CCl)c1[N+](=O)[O-]. The highest BCUT2D eigenvalue weighted by atomic mass is 35.5. The lowest BCUT2D eigenvalue weighted by Gasteiger charge is -2.28. The van der Waals surface area contributed by atoms with Gasteiger partial charge in [-0.2, -0.15) is 0 Å². The fourth-order valence-corrected chi connectivity index (χ4v) is 3.15. The van der Waals surface area contributed by atoms with Crippen molar-refractivity contribution in [2.75, 3.05) is 12.4 Å². The molecule has 0 aromatic heterocycles. The van der Waals surface area contributed by atoms with Crippen LogP contribution in [0, 0.1) is 17.0 Å². The largest absolute Gasteiger partial charge is 0.334 e. The van der Waals surface area contributed by atoms with Gasteiger partial charge in [0.15, 0.2) is 0 Å². The van der Waals surface area contributed by atoms with Crippen molar-refractivity contribution in [2.24, 2.45) is 0 Å². The Balaban J connectivity index is 2.38. The van der Waals surface area contributed by atoms with Gasteiger partial charge in [-0.3, -0.25) is 14.9 Å². The fourth-order valence-electron chi connectivity index (χ4n) is 2.83. The molecular weight excluding hydrogens is 292 g/mol. The number of hydrogen-bond donors (Lipinski definition) is 0. The van der Waals surface area contributed by atoms with Crippen LogP contribution in [-0.2, 0) is 0 Å². The van der Waals surface area contributed by atoms with Crippen molar-refractivity contribution in [1.82, 2.24) is 4.90 Å². The molecule has 0 bridgehead atoms. The standard InChI is InChI=1S/C15H19ClN2O3/c1-11-6-5-8-13(14(11)18(20)21)15(19)17-9-4-2-3-7-12(17)10-16/h5-6,8,12H,2-4,7,9-10H2,1H3. The number of hydrogen-bond acceptors (Lipinski definition) is 3. The molecule has 2 rings (SSSR count). The van der Waals surface area contributed by atoms with E-state index in [-0.39, 0.29) is 23.2 Å². The number of alkyl halides is 1. The van der Waals surface area contributed by atoms with E-state index in [0.717, 1.165) is 25.7 Å². The molecule has 1 heterocycles. The minimum atomic E-state index is -0.476. The quantitative estimate of drug-likeness (QED) is 0.487. The second-order valence-electron chi connectivity index (χ2n) is 5.38. The van der Waals surface area contributed by atoms with Gasteiger partial charge < -0.3 is 4.90 Å². The van der Waals surface area contributed by atoms with Crippen molar-refractivity contribution >= 4 is 23.2 Å². The fraction of sp³-hybridized carbons (Fsp3) is 0.533. The number of para-hydroxylation sites is 1. The highest BCUT2D eigenvalue weighted by Crippen LogP contribution is 2.27. The highest BCUT2D eigenvalue weighted by Gasteiger charge is 2.30. The van der Waals surface area contributed by atoms with Crippen LogP contribution in [0.2, 0.25) is 0 Å². The third-order valence-electron chi connectivity index (χ3n) is 3.97. The number of amides is 1. The molecule has 6 heteroatoms. The number of carbonyl (C=O) groups is 1. The molecule has 1 atom stereocenters. The molecule has 0 aliphatic carbocycles. The van der Waals surface area contributed by atoms with Gasteiger partial charge >= 0.3 is 0 Å². The molecule has 1 fully saturated rings. The molecule has 0 spiro atoms. The Bertz CT molecular complexity index is 548. The first-order valence-electron chi connectivity index (χ1n) is 7.17. The Kier molecular flexibility index (Phi) is 5.17. The number of nitro groups is 1. The van der Waals surface area contributed by atoms with Crippen molar-refractivity contribution in [1.29, 1.82) is 0 Å². The maximum atomic E-state index is 12.8. The summed E-state index contributed by atoms with van der Waals surface area (Å²) in [6.45, 7) is 2.26. The van der Waals surface area contributed by atoms with Crippen LogP contribution in [0.4, 0.5) is 5.69 Å². The Morgan fingerprint density at radius 3 is 2.86 bits per heavy atom. The molecule has 1 aromatic carbocycles. The van der Waals surface area contributed by atoms with E-state index in [1.165, 1.54) is 6.07 Å². The molecule has 1 aromatic rings. The minimum absolute atomic E-state index is 0.0400. The first-order chi connectivity index (χ1) is 10.1. The van der Waals surface area contributed by atoms with Gasteiger partial charge in [0.25, 0.3) is 11.6 Å². The third kappa shape index (κ3) is 3.35. The Morgan fingerprint density at radius 2 is 2.19 bits per heavy atom. The van der Waals surface area contributed by atoms with E-state index in [1.807, 2.05) is 0 Å². The molecule has 1 aliphatic rings. The molecule has 0 saturated carbocycles. The highest BCUT2D eigenvalue weighted by molar-refractivity contribution is 6.18. The first kappa shape index (κ1) is 15.8. The Labute approximate surface area is 129 Å². The van der Waals surface area contributed by atoms with Crippen molar-refractivity contribution < 1.29 is 9.72 Å². The third-order valence-corrected chi connectivity index (χ3v) is 4.32. The average molecular weight is 311 g/mol. The van der Waals surface area contributed by atoms with Crippen LogP contribution >= 0.6 is 11.6 Å². The van der Waals surface area contributed by atoms with Crippen LogP contribution in [0.5, 0.6) is 0 Å². The van der Waals surface area contributed by atoms with E-state index in [4.69, 9.17) is 11.6 Å². The molecule has 0 N–H and O–H groups in total. The topological polar surface area (TPSA) is 63.5 Å². The summed E-state index contributed by atoms with van der Waals surface area (Å²) in [4.78, 5) is 25.3. The number of nitrogens with zero attached hydrogens (tertiary/aromatic N) is 2. The number of nitro benzene ring substituents is 1. The van der Waals surface area contributed by atoms with Gasteiger partial charge in [0.05, 0.1) is 4.92 Å². The molecule has 5 nitrogen and oxygen atoms in total. The van der Waals surface area contributed by atoms with Crippen LogP contribution in [-0.4, -0.2) is 34.2 Å². The summed E-state index contributed by atoms with van der Waals surface area (Å²) in [5, 5.41) is 11.3. The summed E-state index contributed by atoms with van der Waals surface area (Å²) >= 11 is 5.98. The summed E-state index contributed by atoms with van der Waals surface area (Å²) in [6.07, 6.45) is 3.87. The monoisotopic (exact) mass is 310 g/mol. The molecular formula is C15H19ClN2O3. The van der Waals surface area contributed by atoms with E-state index in [2.05, 4.69) is 0 Å². The lowest BCUT2D eigenvalue weighted by Crippen LogP contribution is -2.41. The number of carbonyl (C=O) groups excluding carboxylic acids is 1. The minimum Gasteiger partial charge on any atom is -0.334 e. The van der Waals surface area contributed by atoms with Gasteiger partial charge in [-0.15, -0.1) is 11.6 Å². The van der Waals surface area contributed by atoms with Gasteiger partial charge in [0.1, 0.15) is 5.56 Å². The second kappa shape index (κ2) is 6.89. The van der Waals surface area contributed by atoms with Crippen LogP contribution in [0.15, 0.2) is 18.2 Å². The number of rotatable bonds is 3. The summed E-state index contributed by atoms with van der Waals surface area (Å²) in [5.74, 6) is 0.0867. The average Bonchev–Trinajstić information content (AvgIpc) is 2.70. The Morgan fingerprint density at radius 1 is 1.43 bits per heavy atom. The molecule has 21 heavy (non-hydrogen) atoms. The van der Waals surface area contributed by atoms with Crippen LogP contribution in [0.1, 0.15) is 41.6 Å². The number of aryl methyl sites for hydroxylation is 1. The van der Waals surface area contributed by atoms with Crippen molar-refractivity contribution in [2.45, 2.75) is 38.6 Å². The number of benzene rings is 1. The predicted octanol–water partition coefficient (Wildman–Crippen LogP) is 3.53. The van der Waals surface area contributed by atoms with Crippen LogP contribution in [0.3, 0.4) is 0 Å². The van der Waals surface area contributed by atoms with Crippen LogP contribution in [0.25, 0.3) is 0 Å². The summed E-state index contributed by atoms with van der Waals surface area (Å²) < 4.78 is 0. The van der Waals surface area contributed by atoms with Gasteiger partial charge in [-0.1, -0.05) is 25.0 Å². The van der Waals surface area contributed by atoms with E-state index in [9.17, 15) is 14.9 Å². The molecule has 1 saturated heterocycles. The van der Waals surface area contributed by atoms with Gasteiger partial charge in [-0.25, -0.2) is 0 Å².